The maximum absolute atomic E-state index is 13.4. The first kappa shape index (κ1) is 21.3. The molecule has 0 fully saturated rings. The Balaban J connectivity index is 1.32. The van der Waals surface area contributed by atoms with Gasteiger partial charge in [0.15, 0.2) is 11.5 Å². The number of amides is 2. The highest BCUT2D eigenvalue weighted by atomic mass is 19.1. The van der Waals surface area contributed by atoms with Crippen LogP contribution in [0.1, 0.15) is 32.0 Å². The lowest BCUT2D eigenvalue weighted by Crippen LogP contribution is -2.25. The zero-order chi connectivity index (χ0) is 23.7. The predicted molar refractivity (Wildman–Crippen MR) is 120 cm³/mol. The summed E-state index contributed by atoms with van der Waals surface area (Å²) in [7, 11) is 0. The number of ketones is 1. The Hall–Kier alpha value is -4.60. The number of hydrogen-bond donors (Lipinski definition) is 3. The summed E-state index contributed by atoms with van der Waals surface area (Å²) in [5.74, 6) is -0.802. The van der Waals surface area contributed by atoms with Gasteiger partial charge in [0.25, 0.3) is 11.8 Å². The van der Waals surface area contributed by atoms with Crippen LogP contribution in [0.25, 0.3) is 11.0 Å². The third-order valence-electron chi connectivity index (χ3n) is 5.37. The number of nitrogens with one attached hydrogen (secondary N) is 3. The molecule has 3 heterocycles. The molecule has 4 aromatic rings. The molecular weight excluding hydrogens is 441 g/mol. The molecular formula is C24H18FN5O4. The molecule has 3 N–H and O–H groups in total. The van der Waals surface area contributed by atoms with Crippen LogP contribution < -0.4 is 15.4 Å². The van der Waals surface area contributed by atoms with E-state index in [1.807, 2.05) is 12.1 Å². The minimum absolute atomic E-state index is 0.00380. The normalized spacial score (nSPS) is 12.7. The van der Waals surface area contributed by atoms with E-state index in [4.69, 9.17) is 4.74 Å². The number of anilines is 1. The van der Waals surface area contributed by atoms with Gasteiger partial charge in [0, 0.05) is 30.3 Å². The van der Waals surface area contributed by atoms with E-state index in [9.17, 15) is 18.8 Å². The van der Waals surface area contributed by atoms with Crippen molar-refractivity contribution in [2.45, 2.75) is 13.0 Å². The van der Waals surface area contributed by atoms with Crippen molar-refractivity contribution in [1.82, 2.24) is 20.3 Å². The van der Waals surface area contributed by atoms with Crippen molar-refractivity contribution in [3.8, 4) is 5.75 Å². The molecule has 0 radical (unpaired) electrons. The number of benzene rings is 2. The molecule has 5 rings (SSSR count). The van der Waals surface area contributed by atoms with Gasteiger partial charge >= 0.3 is 0 Å². The van der Waals surface area contributed by atoms with Crippen LogP contribution in [-0.4, -0.2) is 39.2 Å². The van der Waals surface area contributed by atoms with E-state index in [2.05, 4.69) is 25.6 Å². The summed E-state index contributed by atoms with van der Waals surface area (Å²) in [6.07, 6.45) is 3.02. The second-order valence-corrected chi connectivity index (χ2v) is 7.74. The molecule has 10 heteroatoms. The number of fused-ring (bicyclic) bond motifs is 2. The summed E-state index contributed by atoms with van der Waals surface area (Å²) >= 11 is 0. The number of nitrogens with zero attached hydrogens (tertiary/aromatic N) is 2. The number of halogens is 1. The Kier molecular flexibility index (Phi) is 5.46. The molecule has 2 aromatic carbocycles. The van der Waals surface area contributed by atoms with Crippen molar-refractivity contribution in [1.29, 1.82) is 0 Å². The first-order valence-electron chi connectivity index (χ1n) is 10.4. The third kappa shape index (κ3) is 4.20. The quantitative estimate of drug-likeness (QED) is 0.421. The van der Waals surface area contributed by atoms with Crippen molar-refractivity contribution in [2.24, 2.45) is 0 Å². The lowest BCUT2D eigenvalue weighted by atomic mass is 10.0. The number of rotatable bonds is 5. The average molecular weight is 459 g/mol. The largest absolute Gasteiger partial charge is 0.486 e. The molecule has 2 aromatic heterocycles. The smallest absolute Gasteiger partial charge is 0.272 e. The monoisotopic (exact) mass is 459 g/mol. The number of ether oxygens (including phenoxy) is 1. The van der Waals surface area contributed by atoms with E-state index in [1.165, 1.54) is 30.7 Å². The van der Waals surface area contributed by atoms with Gasteiger partial charge in [0.1, 0.15) is 30.0 Å². The number of carbonyl (C=O) groups excluding carboxylic acids is 3. The molecule has 0 unspecified atom stereocenters. The van der Waals surface area contributed by atoms with Crippen molar-refractivity contribution < 1.29 is 23.5 Å². The molecule has 1 aliphatic rings. The van der Waals surface area contributed by atoms with Gasteiger partial charge in [-0.2, -0.15) is 0 Å². The van der Waals surface area contributed by atoms with E-state index in [0.717, 1.165) is 17.2 Å². The zero-order valence-electron chi connectivity index (χ0n) is 17.7. The Bertz CT molecular complexity index is 1450. The fraction of sp³-hybridized carbons (Fsp3) is 0.125. The molecule has 0 spiro atoms. The highest BCUT2D eigenvalue weighted by Crippen LogP contribution is 2.25. The van der Waals surface area contributed by atoms with Crippen LogP contribution in [0.4, 0.5) is 10.1 Å². The van der Waals surface area contributed by atoms with E-state index < -0.39 is 17.6 Å². The molecule has 0 bridgehead atoms. The van der Waals surface area contributed by atoms with Crippen molar-refractivity contribution in [3.05, 3.63) is 83.2 Å². The maximum Gasteiger partial charge on any atom is 0.272 e. The van der Waals surface area contributed by atoms with Gasteiger partial charge in [-0.05, 0) is 35.9 Å². The molecule has 9 nitrogen and oxygen atoms in total. The van der Waals surface area contributed by atoms with Crippen LogP contribution in [0.3, 0.4) is 0 Å². The summed E-state index contributed by atoms with van der Waals surface area (Å²) in [5, 5.41) is 5.47. The van der Waals surface area contributed by atoms with Gasteiger partial charge in [-0.3, -0.25) is 14.4 Å². The molecule has 0 saturated heterocycles. The van der Waals surface area contributed by atoms with E-state index in [0.29, 0.717) is 28.9 Å². The third-order valence-corrected chi connectivity index (χ3v) is 5.37. The van der Waals surface area contributed by atoms with Gasteiger partial charge in [-0.25, -0.2) is 14.4 Å². The van der Waals surface area contributed by atoms with Gasteiger partial charge < -0.3 is 20.4 Å². The Labute approximate surface area is 192 Å². The summed E-state index contributed by atoms with van der Waals surface area (Å²) in [4.78, 5) is 48.1. The summed E-state index contributed by atoms with van der Waals surface area (Å²) < 4.78 is 18.8. The minimum atomic E-state index is -0.522. The molecule has 0 saturated carbocycles. The highest BCUT2D eigenvalue weighted by molar-refractivity contribution is 6.11. The fourth-order valence-corrected chi connectivity index (χ4v) is 3.74. The summed E-state index contributed by atoms with van der Waals surface area (Å²) in [6, 6.07) is 10.7. The molecule has 34 heavy (non-hydrogen) atoms. The van der Waals surface area contributed by atoms with Gasteiger partial charge in [-0.1, -0.05) is 12.1 Å². The Morgan fingerprint density at radius 3 is 2.85 bits per heavy atom. The molecule has 170 valence electrons. The number of hydrogen-bond acceptors (Lipinski definition) is 6. The van der Waals surface area contributed by atoms with Crippen LogP contribution in [0.5, 0.6) is 5.75 Å². The van der Waals surface area contributed by atoms with Crippen molar-refractivity contribution in [3.63, 3.8) is 0 Å². The topological polar surface area (TPSA) is 126 Å². The fourth-order valence-electron chi connectivity index (χ4n) is 3.74. The summed E-state index contributed by atoms with van der Waals surface area (Å²) in [6.45, 7) is 0.295. The van der Waals surface area contributed by atoms with E-state index in [1.54, 1.807) is 6.07 Å². The van der Waals surface area contributed by atoms with Crippen molar-refractivity contribution in [2.75, 3.05) is 11.9 Å². The number of aromatic amines is 1. The lowest BCUT2D eigenvalue weighted by Gasteiger charge is -2.17. The first-order valence-corrected chi connectivity index (χ1v) is 10.4. The second-order valence-electron chi connectivity index (χ2n) is 7.74. The minimum Gasteiger partial charge on any atom is -0.486 e. The van der Waals surface area contributed by atoms with Crippen LogP contribution in [0.15, 0.2) is 55.0 Å². The van der Waals surface area contributed by atoms with Crippen molar-refractivity contribution >= 4 is 34.3 Å². The highest BCUT2D eigenvalue weighted by Gasteiger charge is 2.19. The second kappa shape index (κ2) is 8.74. The van der Waals surface area contributed by atoms with Crippen LogP contribution in [0.2, 0.25) is 0 Å². The Morgan fingerprint density at radius 2 is 2.00 bits per heavy atom. The first-order chi connectivity index (χ1) is 16.5. The van der Waals surface area contributed by atoms with Gasteiger partial charge in [0.05, 0.1) is 11.2 Å². The lowest BCUT2D eigenvalue weighted by molar-refractivity contribution is -0.121. The van der Waals surface area contributed by atoms with E-state index >= 15 is 0 Å². The molecule has 0 aliphatic carbocycles. The van der Waals surface area contributed by atoms with Crippen LogP contribution in [0, 0.1) is 5.82 Å². The SMILES string of the molecule is O=C1COc2ccc(CNC(=O)c3ncnc4c(NC(=O)c5cccc(F)c5)c[nH]c34)cc2C1. The maximum atomic E-state index is 13.4. The van der Waals surface area contributed by atoms with Crippen LogP contribution >= 0.6 is 0 Å². The zero-order valence-corrected chi connectivity index (χ0v) is 17.7. The molecule has 2 amide bonds. The molecule has 0 atom stereocenters. The number of aromatic nitrogens is 3. The number of carbonyl (C=O) groups is 3. The molecule has 1 aliphatic heterocycles. The van der Waals surface area contributed by atoms with E-state index in [-0.39, 0.29) is 30.2 Å². The van der Waals surface area contributed by atoms with Gasteiger partial charge in [-0.15, -0.1) is 0 Å². The standard InChI is InChI=1S/C24H18FN5O4/c25-16-3-1-2-14(7-16)23(32)30-18-10-26-21-20(18)28-12-29-22(21)24(33)27-9-13-4-5-19-15(6-13)8-17(31)11-34-19/h1-7,10,12,26H,8-9,11H2,(H,27,33)(H,30,32). The van der Waals surface area contributed by atoms with Gasteiger partial charge in [0.2, 0.25) is 0 Å². The average Bonchev–Trinajstić information content (AvgIpc) is 3.25. The number of Topliss-reactive ketones (excluding diaryl/α,β-unsaturated/α-hetero) is 1. The van der Waals surface area contributed by atoms with Crippen LogP contribution in [-0.2, 0) is 17.8 Å². The Morgan fingerprint density at radius 1 is 1.12 bits per heavy atom. The predicted octanol–water partition coefficient (Wildman–Crippen LogP) is 2.78. The number of H-pyrrole nitrogens is 1. The summed E-state index contributed by atoms with van der Waals surface area (Å²) in [5.41, 5.74) is 2.88.